The van der Waals surface area contributed by atoms with Crippen LogP contribution in [0.2, 0.25) is 0 Å². The van der Waals surface area contributed by atoms with Crippen molar-refractivity contribution in [3.63, 3.8) is 0 Å². The molecule has 1 aromatic carbocycles. The smallest absolute Gasteiger partial charge is 0.337 e. The Morgan fingerprint density at radius 3 is 2.65 bits per heavy atom. The van der Waals surface area contributed by atoms with Gasteiger partial charge in [-0.2, -0.15) is 0 Å². The molecule has 20 heavy (non-hydrogen) atoms. The third kappa shape index (κ3) is 4.61. The van der Waals surface area contributed by atoms with Crippen molar-refractivity contribution in [1.82, 2.24) is 5.32 Å². The lowest BCUT2D eigenvalue weighted by Gasteiger charge is -2.13. The van der Waals surface area contributed by atoms with Gasteiger partial charge in [-0.1, -0.05) is 6.07 Å². The number of urea groups is 1. The van der Waals surface area contributed by atoms with Gasteiger partial charge in [0, 0.05) is 33.3 Å². The maximum Gasteiger partial charge on any atom is 0.337 e. The number of anilines is 1. The number of rotatable bonds is 5. The Morgan fingerprint density at radius 2 is 2.10 bits per heavy atom. The quantitative estimate of drug-likeness (QED) is 0.746. The molecule has 0 spiro atoms. The van der Waals surface area contributed by atoms with E-state index in [4.69, 9.17) is 5.11 Å². The molecule has 0 saturated carbocycles. The standard InChI is InChI=1S/C12H15BrN2O4S/c1-7(20(2)19)6-14-12(18)15-10-8(11(16)17)4-3-5-9(10)13/h3-5,7H,6H2,1-2H3,(H,16,17)(H2,14,15,18). The van der Waals surface area contributed by atoms with E-state index >= 15 is 0 Å². The number of nitrogens with one attached hydrogen (secondary N) is 2. The molecule has 0 fully saturated rings. The lowest BCUT2D eigenvalue weighted by Crippen LogP contribution is -2.36. The first-order valence-corrected chi connectivity index (χ1v) is 8.13. The molecule has 0 aromatic heterocycles. The Bertz CT molecular complexity index is 550. The minimum absolute atomic E-state index is 0.0124. The predicted octanol–water partition coefficient (Wildman–Crippen LogP) is 2.04. The molecule has 0 radical (unpaired) electrons. The molecule has 110 valence electrons. The number of carboxylic acids is 1. The van der Waals surface area contributed by atoms with Crippen molar-refractivity contribution >= 4 is 44.4 Å². The summed E-state index contributed by atoms with van der Waals surface area (Å²) in [4.78, 5) is 22.8. The van der Waals surface area contributed by atoms with Crippen molar-refractivity contribution in [2.24, 2.45) is 0 Å². The summed E-state index contributed by atoms with van der Waals surface area (Å²) in [6.45, 7) is 1.99. The topological polar surface area (TPSA) is 95.5 Å². The van der Waals surface area contributed by atoms with Gasteiger partial charge in [0.2, 0.25) is 0 Å². The van der Waals surface area contributed by atoms with E-state index in [1.165, 1.54) is 6.07 Å². The van der Waals surface area contributed by atoms with Crippen LogP contribution in [0.3, 0.4) is 0 Å². The average molecular weight is 363 g/mol. The third-order valence-electron chi connectivity index (χ3n) is 2.60. The highest BCUT2D eigenvalue weighted by molar-refractivity contribution is 9.10. The maximum absolute atomic E-state index is 11.7. The summed E-state index contributed by atoms with van der Waals surface area (Å²) >= 11 is 3.19. The van der Waals surface area contributed by atoms with Gasteiger partial charge in [0.1, 0.15) is 0 Å². The number of amides is 2. The second-order valence-electron chi connectivity index (χ2n) is 4.11. The van der Waals surface area contributed by atoms with Gasteiger partial charge in [0.05, 0.1) is 11.3 Å². The Morgan fingerprint density at radius 1 is 1.45 bits per heavy atom. The molecule has 6 nitrogen and oxygen atoms in total. The highest BCUT2D eigenvalue weighted by atomic mass is 79.9. The van der Waals surface area contributed by atoms with Crippen molar-refractivity contribution in [2.45, 2.75) is 12.2 Å². The summed E-state index contributed by atoms with van der Waals surface area (Å²) in [5, 5.41) is 13.9. The number of para-hydroxylation sites is 1. The predicted molar refractivity (Wildman–Crippen MR) is 81.7 cm³/mol. The van der Waals surface area contributed by atoms with Crippen LogP contribution < -0.4 is 10.6 Å². The van der Waals surface area contributed by atoms with Crippen molar-refractivity contribution in [3.8, 4) is 0 Å². The van der Waals surface area contributed by atoms with Gasteiger partial charge in [-0.25, -0.2) is 9.59 Å². The summed E-state index contributed by atoms with van der Waals surface area (Å²) in [5.41, 5.74) is 0.171. The third-order valence-corrected chi connectivity index (χ3v) is 4.56. The number of carbonyl (C=O) groups excluding carboxylic acids is 1. The van der Waals surface area contributed by atoms with Crippen LogP contribution >= 0.6 is 15.9 Å². The number of halogens is 1. The fourth-order valence-corrected chi connectivity index (χ4v) is 2.12. The lowest BCUT2D eigenvalue weighted by atomic mass is 10.2. The number of hydrogen-bond acceptors (Lipinski definition) is 3. The van der Waals surface area contributed by atoms with E-state index in [1.54, 1.807) is 25.3 Å². The monoisotopic (exact) mass is 362 g/mol. The molecule has 2 unspecified atom stereocenters. The fraction of sp³-hybridized carbons (Fsp3) is 0.333. The van der Waals surface area contributed by atoms with Crippen LogP contribution in [-0.2, 0) is 10.8 Å². The van der Waals surface area contributed by atoms with E-state index in [0.29, 0.717) is 4.47 Å². The van der Waals surface area contributed by atoms with E-state index in [1.807, 2.05) is 0 Å². The SMILES string of the molecule is CC(CNC(=O)Nc1c(Br)cccc1C(=O)O)S(C)=O. The van der Waals surface area contributed by atoms with Crippen LogP contribution in [0.25, 0.3) is 0 Å². The van der Waals surface area contributed by atoms with Gasteiger partial charge in [0.15, 0.2) is 0 Å². The largest absolute Gasteiger partial charge is 0.478 e. The summed E-state index contributed by atoms with van der Waals surface area (Å²) < 4.78 is 11.6. The average Bonchev–Trinajstić information content (AvgIpc) is 2.37. The van der Waals surface area contributed by atoms with Crippen molar-refractivity contribution in [3.05, 3.63) is 28.2 Å². The number of carboxylic acid groups (broad SMARTS) is 1. The van der Waals surface area contributed by atoms with Crippen LogP contribution in [0.4, 0.5) is 10.5 Å². The molecule has 0 aliphatic carbocycles. The lowest BCUT2D eigenvalue weighted by molar-refractivity contribution is 0.0698. The van der Waals surface area contributed by atoms with Crippen molar-refractivity contribution < 1.29 is 18.9 Å². The first-order valence-electron chi connectivity index (χ1n) is 5.71. The van der Waals surface area contributed by atoms with Gasteiger partial charge in [-0.15, -0.1) is 0 Å². The van der Waals surface area contributed by atoms with Gasteiger partial charge >= 0.3 is 12.0 Å². The Kier molecular flexibility index (Phi) is 6.15. The number of hydrogen-bond donors (Lipinski definition) is 3. The highest BCUT2D eigenvalue weighted by Crippen LogP contribution is 2.26. The molecule has 0 bridgehead atoms. The number of aromatic carboxylic acids is 1. The molecule has 0 aliphatic rings. The van der Waals surface area contributed by atoms with Crippen LogP contribution in [0.5, 0.6) is 0 Å². The van der Waals surface area contributed by atoms with Crippen LogP contribution in [-0.4, -0.2) is 39.4 Å². The zero-order valence-corrected chi connectivity index (χ0v) is 13.4. The zero-order valence-electron chi connectivity index (χ0n) is 11.0. The van der Waals surface area contributed by atoms with Crippen LogP contribution in [0, 0.1) is 0 Å². The molecule has 1 rings (SSSR count). The molecule has 0 heterocycles. The van der Waals surface area contributed by atoms with Crippen molar-refractivity contribution in [1.29, 1.82) is 0 Å². The Labute approximate surface area is 127 Å². The van der Waals surface area contributed by atoms with Crippen LogP contribution in [0.1, 0.15) is 17.3 Å². The molecule has 0 saturated heterocycles. The summed E-state index contributed by atoms with van der Waals surface area (Å²) in [6, 6.07) is 4.05. The van der Waals surface area contributed by atoms with Gasteiger partial charge in [0.25, 0.3) is 0 Å². The van der Waals surface area contributed by atoms with Crippen molar-refractivity contribution in [2.75, 3.05) is 18.1 Å². The normalized spacial score (nSPS) is 13.3. The number of carbonyl (C=O) groups is 2. The maximum atomic E-state index is 11.7. The van der Waals surface area contributed by atoms with E-state index in [0.717, 1.165) is 0 Å². The molecule has 3 N–H and O–H groups in total. The fourth-order valence-electron chi connectivity index (χ4n) is 1.34. The summed E-state index contributed by atoms with van der Waals surface area (Å²) in [5.74, 6) is -1.13. The molecular weight excluding hydrogens is 348 g/mol. The van der Waals surface area contributed by atoms with Gasteiger partial charge < -0.3 is 15.7 Å². The molecule has 8 heteroatoms. The van der Waals surface area contributed by atoms with Gasteiger partial charge in [-0.3, -0.25) is 4.21 Å². The highest BCUT2D eigenvalue weighted by Gasteiger charge is 2.15. The first-order chi connectivity index (χ1) is 9.32. The number of benzene rings is 1. The Balaban J connectivity index is 2.76. The minimum atomic E-state index is -1.13. The molecule has 2 atom stereocenters. The molecule has 1 aromatic rings. The minimum Gasteiger partial charge on any atom is -0.478 e. The molecular formula is C12H15BrN2O4S. The van der Waals surface area contributed by atoms with E-state index in [9.17, 15) is 13.8 Å². The van der Waals surface area contributed by atoms with E-state index in [-0.39, 0.29) is 23.0 Å². The summed E-state index contributed by atoms with van der Waals surface area (Å²) in [6.07, 6.45) is 1.56. The molecule has 2 amide bonds. The second-order valence-corrected chi connectivity index (χ2v) is 6.77. The first kappa shape index (κ1) is 16.6. The summed E-state index contributed by atoms with van der Waals surface area (Å²) in [7, 11) is -1.04. The van der Waals surface area contributed by atoms with Crippen LogP contribution in [0.15, 0.2) is 22.7 Å². The Hall–Kier alpha value is -1.41. The van der Waals surface area contributed by atoms with Gasteiger partial charge in [-0.05, 0) is 35.0 Å². The van der Waals surface area contributed by atoms with E-state index < -0.39 is 22.8 Å². The van der Waals surface area contributed by atoms with E-state index in [2.05, 4.69) is 26.6 Å². The zero-order chi connectivity index (χ0) is 15.3. The second kappa shape index (κ2) is 7.39. The molecule has 0 aliphatic heterocycles.